The molecular weight excluding hydrogens is 378 g/mol. The van der Waals surface area contributed by atoms with Crippen LogP contribution in [0.15, 0.2) is 53.0 Å². The zero-order chi connectivity index (χ0) is 16.3. The van der Waals surface area contributed by atoms with E-state index in [0.717, 1.165) is 28.6 Å². The molecule has 1 amide bonds. The van der Waals surface area contributed by atoms with Crippen LogP contribution in [0, 0.1) is 0 Å². The molecule has 23 heavy (non-hydrogen) atoms. The number of carbonyl (C=O) groups is 1. The van der Waals surface area contributed by atoms with Gasteiger partial charge in [-0.2, -0.15) is 0 Å². The quantitative estimate of drug-likeness (QED) is 0.741. The summed E-state index contributed by atoms with van der Waals surface area (Å²) in [6.45, 7) is 0.920. The maximum atomic E-state index is 12.5. The van der Waals surface area contributed by atoms with Crippen molar-refractivity contribution in [3.05, 3.63) is 63.6 Å². The largest absolute Gasteiger partial charge is 0.492 e. The minimum atomic E-state index is -0.346. The third-order valence-corrected chi connectivity index (χ3v) is 4.83. The average molecular weight is 395 g/mol. The number of benzene rings is 2. The lowest BCUT2D eigenvalue weighted by Crippen LogP contribution is -2.37. The Labute approximate surface area is 149 Å². The van der Waals surface area contributed by atoms with Crippen LogP contribution in [0.4, 0.5) is 0 Å². The van der Waals surface area contributed by atoms with E-state index in [9.17, 15) is 4.79 Å². The van der Waals surface area contributed by atoms with Gasteiger partial charge in [-0.3, -0.25) is 4.79 Å². The van der Waals surface area contributed by atoms with E-state index >= 15 is 0 Å². The minimum Gasteiger partial charge on any atom is -0.492 e. The predicted molar refractivity (Wildman–Crippen MR) is 95.0 cm³/mol. The van der Waals surface area contributed by atoms with Crippen molar-refractivity contribution < 1.29 is 9.53 Å². The molecule has 0 radical (unpaired) electrons. The van der Waals surface area contributed by atoms with Crippen molar-refractivity contribution in [3.63, 3.8) is 0 Å². The van der Waals surface area contributed by atoms with Crippen molar-refractivity contribution in [1.29, 1.82) is 0 Å². The Bertz CT molecular complexity index is 681. The molecule has 0 spiro atoms. The Morgan fingerprint density at radius 3 is 2.39 bits per heavy atom. The Balaban J connectivity index is 1.49. The summed E-state index contributed by atoms with van der Waals surface area (Å²) in [6, 6.07) is 15.2. The van der Waals surface area contributed by atoms with E-state index in [-0.39, 0.29) is 11.3 Å². The topological polar surface area (TPSA) is 38.3 Å². The molecule has 1 fully saturated rings. The highest BCUT2D eigenvalue weighted by molar-refractivity contribution is 9.10. The lowest BCUT2D eigenvalue weighted by Gasteiger charge is -2.16. The monoisotopic (exact) mass is 393 g/mol. The summed E-state index contributed by atoms with van der Waals surface area (Å²) in [5, 5.41) is 3.66. The number of halogens is 2. The minimum absolute atomic E-state index is 0.0829. The van der Waals surface area contributed by atoms with Gasteiger partial charge in [-0.1, -0.05) is 39.7 Å². The van der Waals surface area contributed by atoms with Crippen LogP contribution in [-0.2, 0) is 10.2 Å². The van der Waals surface area contributed by atoms with Gasteiger partial charge < -0.3 is 10.1 Å². The van der Waals surface area contributed by atoms with Gasteiger partial charge >= 0.3 is 0 Å². The maximum absolute atomic E-state index is 12.5. The second kappa shape index (κ2) is 6.93. The number of carbonyl (C=O) groups excluding carboxylic acids is 1. The molecule has 1 aliphatic carbocycles. The van der Waals surface area contributed by atoms with Crippen molar-refractivity contribution in [2.45, 2.75) is 18.3 Å². The van der Waals surface area contributed by atoms with E-state index < -0.39 is 0 Å². The third-order valence-electron chi connectivity index (χ3n) is 4.05. The van der Waals surface area contributed by atoms with Crippen LogP contribution in [0.1, 0.15) is 18.4 Å². The summed E-state index contributed by atoms with van der Waals surface area (Å²) < 4.78 is 6.61. The van der Waals surface area contributed by atoms with E-state index in [1.165, 1.54) is 0 Å². The Hall–Kier alpha value is -1.52. The molecule has 0 saturated heterocycles. The van der Waals surface area contributed by atoms with Gasteiger partial charge in [-0.05, 0) is 54.8 Å². The molecule has 2 aromatic rings. The van der Waals surface area contributed by atoms with E-state index in [0.29, 0.717) is 18.2 Å². The average Bonchev–Trinajstić information content (AvgIpc) is 3.35. The molecule has 1 aliphatic rings. The number of ether oxygens (including phenoxy) is 1. The summed E-state index contributed by atoms with van der Waals surface area (Å²) in [7, 11) is 0. The van der Waals surface area contributed by atoms with E-state index in [1.54, 1.807) is 12.1 Å². The zero-order valence-corrected chi connectivity index (χ0v) is 14.9. The zero-order valence-electron chi connectivity index (χ0n) is 12.5. The van der Waals surface area contributed by atoms with Crippen molar-refractivity contribution in [2.75, 3.05) is 13.2 Å². The summed E-state index contributed by atoms with van der Waals surface area (Å²) in [6.07, 6.45) is 1.80. The van der Waals surface area contributed by atoms with Gasteiger partial charge in [-0.25, -0.2) is 0 Å². The summed E-state index contributed by atoms with van der Waals surface area (Å²) >= 11 is 9.25. The molecule has 3 rings (SSSR count). The predicted octanol–water partition coefficient (Wildman–Crippen LogP) is 4.33. The molecular formula is C18H17BrClNO2. The Morgan fingerprint density at radius 1 is 1.13 bits per heavy atom. The van der Waals surface area contributed by atoms with Crippen molar-refractivity contribution >= 4 is 33.4 Å². The van der Waals surface area contributed by atoms with Gasteiger partial charge in [0.1, 0.15) is 12.4 Å². The highest BCUT2D eigenvalue weighted by Gasteiger charge is 2.50. The summed E-state index contributed by atoms with van der Waals surface area (Å²) in [5.74, 6) is 0.831. The van der Waals surface area contributed by atoms with Crippen molar-refractivity contribution in [3.8, 4) is 5.75 Å². The molecule has 5 heteroatoms. The molecule has 1 saturated carbocycles. The number of hydrogen-bond acceptors (Lipinski definition) is 2. The molecule has 2 aromatic carbocycles. The third kappa shape index (κ3) is 3.88. The van der Waals surface area contributed by atoms with Crippen molar-refractivity contribution in [2.24, 2.45) is 0 Å². The van der Waals surface area contributed by atoms with Crippen LogP contribution < -0.4 is 10.1 Å². The van der Waals surface area contributed by atoms with Gasteiger partial charge in [0.2, 0.25) is 5.91 Å². The number of hydrogen-bond donors (Lipinski definition) is 1. The lowest BCUT2D eigenvalue weighted by atomic mass is 9.95. The van der Waals surface area contributed by atoms with E-state index in [2.05, 4.69) is 21.2 Å². The molecule has 1 N–H and O–H groups in total. The van der Waals surface area contributed by atoms with Gasteiger partial charge in [0.05, 0.1) is 12.0 Å². The SMILES string of the molecule is O=C(NCCOc1ccc(Cl)cc1)C1(c2ccc(Br)cc2)CC1. The second-order valence-corrected chi connectivity index (χ2v) is 7.00. The van der Waals surface area contributed by atoms with Crippen LogP contribution in [-0.4, -0.2) is 19.1 Å². The molecule has 120 valence electrons. The first kappa shape index (κ1) is 16.3. The fraction of sp³-hybridized carbons (Fsp3) is 0.278. The van der Waals surface area contributed by atoms with Crippen LogP contribution in [0.2, 0.25) is 5.02 Å². The van der Waals surface area contributed by atoms with E-state index in [1.807, 2.05) is 36.4 Å². The van der Waals surface area contributed by atoms with E-state index in [4.69, 9.17) is 16.3 Å². The fourth-order valence-electron chi connectivity index (χ4n) is 2.57. The first-order chi connectivity index (χ1) is 11.1. The molecule has 0 unspecified atom stereocenters. The van der Waals surface area contributed by atoms with Gasteiger partial charge in [0.15, 0.2) is 0 Å². The fourth-order valence-corrected chi connectivity index (χ4v) is 2.96. The van der Waals surface area contributed by atoms with Crippen LogP contribution in [0.25, 0.3) is 0 Å². The normalized spacial score (nSPS) is 15.0. The van der Waals surface area contributed by atoms with Gasteiger partial charge in [0, 0.05) is 9.50 Å². The highest BCUT2D eigenvalue weighted by atomic mass is 79.9. The lowest BCUT2D eigenvalue weighted by molar-refractivity contribution is -0.123. The summed E-state index contributed by atoms with van der Waals surface area (Å²) in [4.78, 5) is 12.5. The Morgan fingerprint density at radius 2 is 1.78 bits per heavy atom. The molecule has 3 nitrogen and oxygen atoms in total. The molecule has 0 aromatic heterocycles. The van der Waals surface area contributed by atoms with Gasteiger partial charge in [0.25, 0.3) is 0 Å². The first-order valence-electron chi connectivity index (χ1n) is 7.53. The highest BCUT2D eigenvalue weighted by Crippen LogP contribution is 2.48. The van der Waals surface area contributed by atoms with Crippen LogP contribution in [0.3, 0.4) is 0 Å². The van der Waals surface area contributed by atoms with Gasteiger partial charge in [-0.15, -0.1) is 0 Å². The van der Waals surface area contributed by atoms with Crippen molar-refractivity contribution in [1.82, 2.24) is 5.32 Å². The molecule has 0 bridgehead atoms. The second-order valence-electron chi connectivity index (χ2n) is 5.65. The van der Waals surface area contributed by atoms with Crippen LogP contribution >= 0.6 is 27.5 Å². The number of nitrogens with one attached hydrogen (secondary N) is 1. The smallest absolute Gasteiger partial charge is 0.230 e. The summed E-state index contributed by atoms with van der Waals surface area (Å²) in [5.41, 5.74) is 0.734. The molecule has 0 atom stereocenters. The standard InChI is InChI=1S/C18H17BrClNO2/c19-14-3-1-13(2-4-14)18(9-10-18)17(22)21-11-12-23-16-7-5-15(20)6-8-16/h1-8H,9-12H2,(H,21,22). The molecule has 0 heterocycles. The number of rotatable bonds is 6. The van der Waals surface area contributed by atoms with Crippen LogP contribution in [0.5, 0.6) is 5.75 Å². The number of amides is 1. The molecule has 0 aliphatic heterocycles. The maximum Gasteiger partial charge on any atom is 0.230 e. The Kier molecular flexibility index (Phi) is 4.93. The first-order valence-corrected chi connectivity index (χ1v) is 8.70.